The summed E-state index contributed by atoms with van der Waals surface area (Å²) in [6.45, 7) is 0.703. The third-order valence-electron chi connectivity index (χ3n) is 2.70. The Hall–Kier alpha value is -1.17. The van der Waals surface area contributed by atoms with Crippen molar-refractivity contribution in [1.82, 2.24) is 9.97 Å². The molecule has 0 radical (unpaired) electrons. The molecule has 6 heteroatoms. The molecule has 2 aromatic heterocycles. The number of thiazole rings is 1. The number of hydrogen-bond donors (Lipinski definition) is 1. The molecule has 0 amide bonds. The van der Waals surface area contributed by atoms with Crippen molar-refractivity contribution in [2.45, 2.75) is 6.54 Å². The second-order valence-electron chi connectivity index (χ2n) is 3.93. The number of nitrogens with one attached hydrogen (secondary N) is 1. The molecule has 3 rings (SSSR count). The van der Waals surface area contributed by atoms with Crippen LogP contribution in [0.4, 0.5) is 5.69 Å². The highest BCUT2D eigenvalue weighted by atomic mass is 79.9. The first-order valence-electron chi connectivity index (χ1n) is 5.61. The van der Waals surface area contributed by atoms with Gasteiger partial charge < -0.3 is 5.32 Å². The van der Waals surface area contributed by atoms with E-state index in [1.807, 2.05) is 24.3 Å². The summed E-state index contributed by atoms with van der Waals surface area (Å²) in [7, 11) is 0. The molecule has 0 aliphatic carbocycles. The molecule has 0 aliphatic heterocycles. The van der Waals surface area contributed by atoms with E-state index in [0.717, 1.165) is 25.9 Å². The van der Waals surface area contributed by atoms with Gasteiger partial charge in [-0.1, -0.05) is 17.7 Å². The van der Waals surface area contributed by atoms with E-state index in [-0.39, 0.29) is 0 Å². The van der Waals surface area contributed by atoms with Crippen molar-refractivity contribution in [2.75, 3.05) is 5.32 Å². The zero-order valence-corrected chi connectivity index (χ0v) is 12.9. The van der Waals surface area contributed by atoms with Crippen molar-refractivity contribution in [2.24, 2.45) is 0 Å². The molecule has 0 aliphatic rings. The van der Waals surface area contributed by atoms with Crippen LogP contribution in [0.3, 0.4) is 0 Å². The first-order valence-corrected chi connectivity index (χ1v) is 7.60. The lowest BCUT2D eigenvalue weighted by molar-refractivity contribution is 1.17. The minimum absolute atomic E-state index is 0.568. The van der Waals surface area contributed by atoms with Crippen LogP contribution in [0.2, 0.25) is 4.47 Å². The molecule has 2 heterocycles. The molecule has 0 fully saturated rings. The minimum Gasteiger partial charge on any atom is -0.379 e. The van der Waals surface area contributed by atoms with Gasteiger partial charge in [-0.2, -0.15) is 0 Å². The quantitative estimate of drug-likeness (QED) is 0.739. The average Bonchev–Trinajstić information content (AvgIpc) is 2.84. The molecule has 0 saturated carbocycles. The van der Waals surface area contributed by atoms with Crippen LogP contribution < -0.4 is 5.32 Å². The first-order chi connectivity index (χ1) is 9.24. The Bertz CT molecular complexity index is 729. The van der Waals surface area contributed by atoms with Crippen molar-refractivity contribution in [1.29, 1.82) is 0 Å². The van der Waals surface area contributed by atoms with Crippen LogP contribution >= 0.6 is 38.9 Å². The normalized spacial score (nSPS) is 10.8. The van der Waals surface area contributed by atoms with E-state index in [9.17, 15) is 0 Å². The Morgan fingerprint density at radius 2 is 2.16 bits per heavy atom. The topological polar surface area (TPSA) is 37.8 Å². The number of benzene rings is 1. The Kier molecular flexibility index (Phi) is 3.68. The highest BCUT2D eigenvalue weighted by Gasteiger charge is 2.06. The molecule has 3 aromatic rings. The number of aromatic nitrogens is 2. The Morgan fingerprint density at radius 3 is 2.95 bits per heavy atom. The fourth-order valence-electron chi connectivity index (χ4n) is 1.80. The van der Waals surface area contributed by atoms with Crippen molar-refractivity contribution >= 4 is 55.5 Å². The van der Waals surface area contributed by atoms with Gasteiger partial charge in [0, 0.05) is 28.3 Å². The lowest BCUT2D eigenvalue weighted by Crippen LogP contribution is -1.98. The largest absolute Gasteiger partial charge is 0.379 e. The van der Waals surface area contributed by atoms with Crippen molar-refractivity contribution in [3.05, 3.63) is 50.5 Å². The van der Waals surface area contributed by atoms with Crippen molar-refractivity contribution in [3.8, 4) is 0 Å². The van der Waals surface area contributed by atoms with Gasteiger partial charge in [-0.15, -0.1) is 11.3 Å². The summed E-state index contributed by atoms with van der Waals surface area (Å²) < 4.78 is 1.59. The number of hydrogen-bond acceptors (Lipinski definition) is 4. The van der Waals surface area contributed by atoms with Crippen LogP contribution in [0.25, 0.3) is 10.9 Å². The maximum atomic E-state index is 5.81. The van der Waals surface area contributed by atoms with Gasteiger partial charge in [0.05, 0.1) is 16.5 Å². The summed E-state index contributed by atoms with van der Waals surface area (Å²) in [5.41, 5.74) is 2.01. The zero-order valence-electron chi connectivity index (χ0n) is 9.73. The smallest absolute Gasteiger partial charge is 0.183 e. The highest BCUT2D eigenvalue weighted by molar-refractivity contribution is 9.10. The molecular weight excluding hydrogens is 346 g/mol. The summed E-state index contributed by atoms with van der Waals surface area (Å²) in [6.07, 6.45) is 3.58. The Balaban J connectivity index is 1.87. The Labute approximate surface area is 127 Å². The van der Waals surface area contributed by atoms with E-state index in [0.29, 0.717) is 11.0 Å². The van der Waals surface area contributed by atoms with E-state index in [1.165, 1.54) is 11.3 Å². The predicted octanol–water partition coefficient (Wildman–Crippen LogP) is 4.72. The Morgan fingerprint density at radius 1 is 1.26 bits per heavy atom. The number of halogens is 2. The van der Waals surface area contributed by atoms with Gasteiger partial charge in [0.25, 0.3) is 0 Å². The van der Waals surface area contributed by atoms with Crippen LogP contribution in [0, 0.1) is 0 Å². The molecular formula is C13H9BrClN3S. The van der Waals surface area contributed by atoms with E-state index >= 15 is 0 Å². The minimum atomic E-state index is 0.568. The van der Waals surface area contributed by atoms with Crippen LogP contribution in [0.1, 0.15) is 4.88 Å². The summed E-state index contributed by atoms with van der Waals surface area (Å²) >= 11 is 10.9. The number of pyridine rings is 1. The maximum Gasteiger partial charge on any atom is 0.183 e. The summed E-state index contributed by atoms with van der Waals surface area (Å²) in [5.74, 6) is 0. The van der Waals surface area contributed by atoms with Crippen LogP contribution in [0.5, 0.6) is 0 Å². The SMILES string of the molecule is Clc1ncc(CNc2ccc3ncccc3c2Br)s1. The molecule has 1 N–H and O–H groups in total. The molecule has 3 nitrogen and oxygen atoms in total. The third-order valence-corrected chi connectivity index (χ3v) is 4.67. The van der Waals surface area contributed by atoms with Gasteiger partial charge in [0.2, 0.25) is 0 Å². The highest BCUT2D eigenvalue weighted by Crippen LogP contribution is 2.31. The van der Waals surface area contributed by atoms with Gasteiger partial charge in [-0.05, 0) is 34.1 Å². The predicted molar refractivity (Wildman–Crippen MR) is 83.9 cm³/mol. The first kappa shape index (κ1) is 12.8. The third kappa shape index (κ3) is 2.73. The van der Waals surface area contributed by atoms with E-state index in [2.05, 4.69) is 31.2 Å². The standard InChI is InChI=1S/C13H9BrClN3S/c14-12-9-2-1-5-16-10(9)3-4-11(12)17-6-8-7-18-13(15)19-8/h1-5,7,17H,6H2. The summed E-state index contributed by atoms with van der Waals surface area (Å²) in [6, 6.07) is 7.99. The zero-order chi connectivity index (χ0) is 13.2. The molecule has 0 atom stereocenters. The van der Waals surface area contributed by atoms with E-state index in [1.54, 1.807) is 12.4 Å². The number of rotatable bonds is 3. The number of fused-ring (bicyclic) bond motifs is 1. The van der Waals surface area contributed by atoms with Crippen LogP contribution in [0.15, 0.2) is 41.1 Å². The molecule has 19 heavy (non-hydrogen) atoms. The monoisotopic (exact) mass is 353 g/mol. The fourth-order valence-corrected chi connectivity index (χ4v) is 3.33. The van der Waals surface area contributed by atoms with Gasteiger partial charge >= 0.3 is 0 Å². The van der Waals surface area contributed by atoms with Gasteiger partial charge in [-0.3, -0.25) is 4.98 Å². The number of anilines is 1. The van der Waals surface area contributed by atoms with Gasteiger partial charge in [0.1, 0.15) is 0 Å². The lowest BCUT2D eigenvalue weighted by Gasteiger charge is -2.09. The maximum absolute atomic E-state index is 5.81. The summed E-state index contributed by atoms with van der Waals surface area (Å²) in [5, 5.41) is 4.46. The van der Waals surface area contributed by atoms with Crippen LogP contribution in [-0.4, -0.2) is 9.97 Å². The molecule has 1 aromatic carbocycles. The molecule has 0 bridgehead atoms. The summed E-state index contributed by atoms with van der Waals surface area (Å²) in [4.78, 5) is 9.45. The molecule has 0 unspecified atom stereocenters. The van der Waals surface area contributed by atoms with Crippen molar-refractivity contribution < 1.29 is 0 Å². The molecule has 0 saturated heterocycles. The second kappa shape index (κ2) is 5.45. The average molecular weight is 355 g/mol. The van der Waals surface area contributed by atoms with Gasteiger partial charge in [0.15, 0.2) is 4.47 Å². The van der Waals surface area contributed by atoms with Gasteiger partial charge in [-0.25, -0.2) is 4.98 Å². The molecule has 0 spiro atoms. The number of nitrogens with zero attached hydrogens (tertiary/aromatic N) is 2. The van der Waals surface area contributed by atoms with Crippen LogP contribution in [-0.2, 0) is 6.54 Å². The lowest BCUT2D eigenvalue weighted by atomic mass is 10.2. The molecule has 96 valence electrons. The van der Waals surface area contributed by atoms with E-state index < -0.39 is 0 Å². The van der Waals surface area contributed by atoms with E-state index in [4.69, 9.17) is 11.6 Å². The van der Waals surface area contributed by atoms with Crippen molar-refractivity contribution in [3.63, 3.8) is 0 Å². The second-order valence-corrected chi connectivity index (χ2v) is 6.42. The fraction of sp³-hybridized carbons (Fsp3) is 0.0769.